The highest BCUT2D eigenvalue weighted by Crippen LogP contribution is 2.34. The summed E-state index contributed by atoms with van der Waals surface area (Å²) in [5, 5.41) is 16.7. The summed E-state index contributed by atoms with van der Waals surface area (Å²) >= 11 is 8.98. The molecule has 0 aliphatic heterocycles. The van der Waals surface area contributed by atoms with Gasteiger partial charge in [-0.25, -0.2) is 5.43 Å². The molecule has 0 aromatic heterocycles. The van der Waals surface area contributed by atoms with Gasteiger partial charge in [-0.15, -0.1) is 0 Å². The molecule has 9 heteroatoms. The van der Waals surface area contributed by atoms with Gasteiger partial charge in [0.15, 0.2) is 11.5 Å². The molecule has 0 saturated heterocycles. The fraction of sp³-hybridized carbons (Fsp3) is 0.167. The van der Waals surface area contributed by atoms with Gasteiger partial charge in [0, 0.05) is 10.6 Å². The van der Waals surface area contributed by atoms with Crippen LogP contribution in [0, 0.1) is 0 Å². The van der Waals surface area contributed by atoms with Crippen LogP contribution in [0.2, 0.25) is 5.02 Å². The van der Waals surface area contributed by atoms with Gasteiger partial charge >= 0.3 is 0 Å². The Morgan fingerprint density at radius 1 is 1.30 bits per heavy atom. The quantitative estimate of drug-likeness (QED) is 0.442. The molecule has 0 radical (unpaired) electrons. The molecule has 0 saturated carbocycles. The average Bonchev–Trinajstić information content (AvgIpc) is 2.64. The van der Waals surface area contributed by atoms with Crippen molar-refractivity contribution in [1.29, 1.82) is 0 Å². The Labute approximate surface area is 169 Å². The number of ether oxygens (including phenoxy) is 1. The number of amides is 2. The second-order valence-corrected chi connectivity index (χ2v) is 6.56. The fourth-order valence-electron chi connectivity index (χ4n) is 2.02. The predicted octanol–water partition coefficient (Wildman–Crippen LogP) is 3.09. The van der Waals surface area contributed by atoms with E-state index in [2.05, 4.69) is 31.8 Å². The zero-order chi connectivity index (χ0) is 19.8. The largest absolute Gasteiger partial charge is 0.503 e. The van der Waals surface area contributed by atoms with Crippen molar-refractivity contribution in [3.8, 4) is 11.5 Å². The fourth-order valence-corrected chi connectivity index (χ4v) is 2.60. The first-order valence-electron chi connectivity index (χ1n) is 7.91. The molecule has 7 nitrogen and oxygen atoms in total. The number of hydrogen-bond donors (Lipinski definition) is 3. The van der Waals surface area contributed by atoms with Gasteiger partial charge in [-0.3, -0.25) is 9.59 Å². The number of aromatic hydroxyl groups is 1. The van der Waals surface area contributed by atoms with Crippen molar-refractivity contribution in [3.05, 3.63) is 57.0 Å². The average molecular weight is 455 g/mol. The van der Waals surface area contributed by atoms with Crippen LogP contribution in [0.4, 0.5) is 0 Å². The smallest absolute Gasteiger partial charge is 0.259 e. The summed E-state index contributed by atoms with van der Waals surface area (Å²) in [6.45, 7) is 1.96. The highest BCUT2D eigenvalue weighted by molar-refractivity contribution is 9.10. The summed E-state index contributed by atoms with van der Waals surface area (Å²) in [7, 11) is 0. The number of phenols is 1. The van der Waals surface area contributed by atoms with Crippen LogP contribution in [-0.4, -0.2) is 36.3 Å². The van der Waals surface area contributed by atoms with E-state index in [0.717, 1.165) is 0 Å². The van der Waals surface area contributed by atoms with Crippen molar-refractivity contribution in [2.24, 2.45) is 5.10 Å². The molecule has 0 bridgehead atoms. The highest BCUT2D eigenvalue weighted by Gasteiger charge is 2.09. The van der Waals surface area contributed by atoms with E-state index in [4.69, 9.17) is 16.3 Å². The third kappa shape index (κ3) is 6.26. The van der Waals surface area contributed by atoms with Crippen molar-refractivity contribution in [2.75, 3.05) is 13.2 Å². The Balaban J connectivity index is 1.88. The summed E-state index contributed by atoms with van der Waals surface area (Å²) in [6, 6.07) is 9.51. The molecule has 0 atom stereocenters. The topological polar surface area (TPSA) is 100 Å². The summed E-state index contributed by atoms with van der Waals surface area (Å²) in [5.41, 5.74) is 3.31. The number of halogens is 2. The van der Waals surface area contributed by atoms with E-state index in [0.29, 0.717) is 33.0 Å². The second kappa shape index (κ2) is 9.94. The Morgan fingerprint density at radius 3 is 2.67 bits per heavy atom. The molecule has 0 spiro atoms. The number of benzene rings is 2. The van der Waals surface area contributed by atoms with Crippen molar-refractivity contribution in [2.45, 2.75) is 6.92 Å². The zero-order valence-electron chi connectivity index (χ0n) is 14.3. The van der Waals surface area contributed by atoms with Crippen LogP contribution in [0.3, 0.4) is 0 Å². The first-order chi connectivity index (χ1) is 12.9. The van der Waals surface area contributed by atoms with Crippen LogP contribution in [0.5, 0.6) is 11.5 Å². The molecule has 0 aliphatic rings. The highest BCUT2D eigenvalue weighted by atomic mass is 79.9. The van der Waals surface area contributed by atoms with Gasteiger partial charge in [0.05, 0.1) is 23.8 Å². The lowest BCUT2D eigenvalue weighted by atomic mass is 10.2. The van der Waals surface area contributed by atoms with Crippen molar-refractivity contribution < 1.29 is 19.4 Å². The minimum atomic E-state index is -0.489. The Hall–Kier alpha value is -2.58. The minimum Gasteiger partial charge on any atom is -0.503 e. The molecule has 0 fully saturated rings. The maximum absolute atomic E-state index is 11.9. The normalized spacial score (nSPS) is 10.6. The van der Waals surface area contributed by atoms with Crippen molar-refractivity contribution in [1.82, 2.24) is 10.7 Å². The third-order valence-electron chi connectivity index (χ3n) is 3.27. The van der Waals surface area contributed by atoms with E-state index in [-0.39, 0.29) is 12.3 Å². The Morgan fingerprint density at radius 2 is 2.00 bits per heavy atom. The van der Waals surface area contributed by atoms with Crippen molar-refractivity contribution >= 4 is 45.6 Å². The molecule has 2 rings (SSSR count). The summed E-state index contributed by atoms with van der Waals surface area (Å²) in [6.07, 6.45) is 1.39. The molecule has 27 heavy (non-hydrogen) atoms. The number of hydrogen-bond acceptors (Lipinski definition) is 5. The third-order valence-corrected chi connectivity index (χ3v) is 4.13. The second-order valence-electron chi connectivity index (χ2n) is 5.27. The molecular formula is C18H17BrClN3O4. The Kier molecular flexibility index (Phi) is 7.63. The van der Waals surface area contributed by atoms with E-state index in [1.54, 1.807) is 43.3 Å². The van der Waals surface area contributed by atoms with Gasteiger partial charge in [-0.2, -0.15) is 5.10 Å². The van der Waals surface area contributed by atoms with Crippen LogP contribution in [-0.2, 0) is 4.79 Å². The number of rotatable bonds is 7. The lowest BCUT2D eigenvalue weighted by molar-refractivity contribution is -0.120. The van der Waals surface area contributed by atoms with Gasteiger partial charge in [-0.1, -0.05) is 11.6 Å². The SMILES string of the molecule is CCOc1cc(/C=N/NC(=O)CNC(=O)c2ccc(Cl)cc2)cc(Br)c1O. The summed E-state index contributed by atoms with van der Waals surface area (Å²) < 4.78 is 5.76. The molecule has 142 valence electrons. The Bertz CT molecular complexity index is 856. The number of carbonyl (C=O) groups excluding carboxylic acids is 2. The van der Waals surface area contributed by atoms with E-state index in [9.17, 15) is 14.7 Å². The number of nitrogens with zero attached hydrogens (tertiary/aromatic N) is 1. The molecule has 2 aromatic rings. The monoisotopic (exact) mass is 453 g/mol. The van der Waals surface area contributed by atoms with Gasteiger partial charge in [-0.05, 0) is 64.8 Å². The maximum Gasteiger partial charge on any atom is 0.259 e. The van der Waals surface area contributed by atoms with Crippen LogP contribution in [0.1, 0.15) is 22.8 Å². The lowest BCUT2D eigenvalue weighted by Gasteiger charge is -2.08. The van der Waals surface area contributed by atoms with Crippen LogP contribution in [0.15, 0.2) is 46.0 Å². The molecule has 2 aromatic carbocycles. The zero-order valence-corrected chi connectivity index (χ0v) is 16.7. The van der Waals surface area contributed by atoms with Gasteiger partial charge in [0.1, 0.15) is 0 Å². The van der Waals surface area contributed by atoms with Gasteiger partial charge in [0.2, 0.25) is 0 Å². The molecule has 3 N–H and O–H groups in total. The van der Waals surface area contributed by atoms with Gasteiger partial charge in [0.25, 0.3) is 11.8 Å². The first kappa shape index (κ1) is 20.7. The van der Waals surface area contributed by atoms with Gasteiger partial charge < -0.3 is 15.2 Å². The molecule has 0 heterocycles. The first-order valence-corrected chi connectivity index (χ1v) is 9.08. The lowest BCUT2D eigenvalue weighted by Crippen LogP contribution is -2.34. The number of phenolic OH excluding ortho intramolecular Hbond substituents is 1. The minimum absolute atomic E-state index is 0.0112. The van der Waals surface area contributed by atoms with Crippen LogP contribution < -0.4 is 15.5 Å². The number of nitrogens with one attached hydrogen (secondary N) is 2. The van der Waals surface area contributed by atoms with E-state index in [1.807, 2.05) is 0 Å². The molecule has 0 aliphatic carbocycles. The standard InChI is InChI=1S/C18H17BrClN3O4/c1-2-27-15-8-11(7-14(19)17(15)25)9-22-23-16(24)10-21-18(26)12-3-5-13(20)6-4-12/h3-9,25H,2,10H2,1H3,(H,21,26)(H,23,24)/b22-9+. The van der Waals surface area contributed by atoms with E-state index >= 15 is 0 Å². The van der Waals surface area contributed by atoms with Crippen LogP contribution in [0.25, 0.3) is 0 Å². The maximum atomic E-state index is 11.9. The van der Waals surface area contributed by atoms with E-state index in [1.165, 1.54) is 6.21 Å². The van der Waals surface area contributed by atoms with Crippen molar-refractivity contribution in [3.63, 3.8) is 0 Å². The molecular weight excluding hydrogens is 438 g/mol. The predicted molar refractivity (Wildman–Crippen MR) is 106 cm³/mol. The number of carbonyl (C=O) groups is 2. The number of hydrazone groups is 1. The summed E-state index contributed by atoms with van der Waals surface area (Å²) in [4.78, 5) is 23.7. The molecule has 2 amide bonds. The van der Waals surface area contributed by atoms with Crippen LogP contribution >= 0.6 is 27.5 Å². The molecule has 0 unspecified atom stereocenters. The van der Waals surface area contributed by atoms with E-state index < -0.39 is 11.8 Å². The summed E-state index contributed by atoms with van der Waals surface area (Å²) in [5.74, 6) is -0.594.